The highest BCUT2D eigenvalue weighted by atomic mass is 35.5. The van der Waals surface area contributed by atoms with Crippen LogP contribution in [0.2, 0.25) is 15.1 Å². The lowest BCUT2D eigenvalue weighted by Gasteiger charge is -2.09. The third kappa shape index (κ3) is 3.82. The number of aryl methyl sites for hydroxylation is 1. The van der Waals surface area contributed by atoms with Crippen LogP contribution in [0.3, 0.4) is 0 Å². The molecule has 2 rings (SSSR count). The molecule has 0 saturated carbocycles. The monoisotopic (exact) mass is 343 g/mol. The van der Waals surface area contributed by atoms with E-state index in [0.717, 1.165) is 5.56 Å². The van der Waals surface area contributed by atoms with E-state index in [4.69, 9.17) is 45.3 Å². The standard InChI is InChI=1S/C15H12Cl3NO2/c1-8-2-3-9(12(16)4-8)7-21-15(20)11-5-10(19)6-13(17)14(11)18/h2-6H,7,19H2,1H3. The second-order valence-electron chi connectivity index (χ2n) is 4.54. The van der Waals surface area contributed by atoms with Crippen molar-refractivity contribution in [2.75, 3.05) is 5.73 Å². The maximum absolute atomic E-state index is 12.1. The fourth-order valence-corrected chi connectivity index (χ4v) is 2.45. The zero-order valence-corrected chi connectivity index (χ0v) is 13.4. The molecule has 2 aromatic rings. The predicted molar refractivity (Wildman–Crippen MR) is 86.2 cm³/mol. The van der Waals surface area contributed by atoms with Crippen molar-refractivity contribution in [2.24, 2.45) is 0 Å². The summed E-state index contributed by atoms with van der Waals surface area (Å²) in [5, 5.41) is 0.863. The number of halogens is 3. The van der Waals surface area contributed by atoms with Crippen LogP contribution in [0.15, 0.2) is 30.3 Å². The molecule has 0 heterocycles. The Morgan fingerprint density at radius 2 is 1.86 bits per heavy atom. The van der Waals surface area contributed by atoms with Gasteiger partial charge in [-0.2, -0.15) is 0 Å². The lowest BCUT2D eigenvalue weighted by Crippen LogP contribution is -2.07. The average Bonchev–Trinajstić information content (AvgIpc) is 2.41. The van der Waals surface area contributed by atoms with Crippen molar-refractivity contribution in [3.63, 3.8) is 0 Å². The third-order valence-electron chi connectivity index (χ3n) is 2.84. The highest BCUT2D eigenvalue weighted by molar-refractivity contribution is 6.44. The Morgan fingerprint density at radius 3 is 2.52 bits per heavy atom. The van der Waals surface area contributed by atoms with Gasteiger partial charge in [-0.25, -0.2) is 4.79 Å². The number of nitrogen functional groups attached to an aromatic ring is 1. The number of hydrogen-bond acceptors (Lipinski definition) is 3. The van der Waals surface area contributed by atoms with Gasteiger partial charge in [0.2, 0.25) is 0 Å². The number of benzene rings is 2. The largest absolute Gasteiger partial charge is 0.457 e. The molecule has 2 N–H and O–H groups in total. The van der Waals surface area contributed by atoms with Crippen molar-refractivity contribution in [2.45, 2.75) is 13.5 Å². The first-order valence-electron chi connectivity index (χ1n) is 6.05. The molecule has 0 atom stereocenters. The number of carbonyl (C=O) groups excluding carboxylic acids is 1. The van der Waals surface area contributed by atoms with Gasteiger partial charge in [-0.1, -0.05) is 46.9 Å². The van der Waals surface area contributed by atoms with Gasteiger partial charge in [0.15, 0.2) is 0 Å². The van der Waals surface area contributed by atoms with Crippen LogP contribution in [0.1, 0.15) is 21.5 Å². The third-order valence-corrected chi connectivity index (χ3v) is 3.99. The van der Waals surface area contributed by atoms with Gasteiger partial charge in [0, 0.05) is 16.3 Å². The normalized spacial score (nSPS) is 10.5. The smallest absolute Gasteiger partial charge is 0.340 e. The number of hydrogen-bond donors (Lipinski definition) is 1. The SMILES string of the molecule is Cc1ccc(COC(=O)c2cc(N)cc(Cl)c2Cl)c(Cl)c1. The second-order valence-corrected chi connectivity index (χ2v) is 5.73. The zero-order valence-electron chi connectivity index (χ0n) is 11.1. The first-order chi connectivity index (χ1) is 9.88. The van der Waals surface area contributed by atoms with Gasteiger partial charge in [-0.3, -0.25) is 0 Å². The van der Waals surface area contributed by atoms with E-state index in [1.165, 1.54) is 12.1 Å². The molecule has 0 aliphatic heterocycles. The van der Waals surface area contributed by atoms with Crippen LogP contribution in [0, 0.1) is 6.92 Å². The van der Waals surface area contributed by atoms with Crippen molar-refractivity contribution in [1.29, 1.82) is 0 Å². The van der Waals surface area contributed by atoms with E-state index in [2.05, 4.69) is 0 Å². The highest BCUT2D eigenvalue weighted by Crippen LogP contribution is 2.29. The van der Waals surface area contributed by atoms with Gasteiger partial charge in [-0.05, 0) is 30.7 Å². The number of ether oxygens (including phenoxy) is 1. The molecule has 0 unspecified atom stereocenters. The minimum absolute atomic E-state index is 0.0424. The van der Waals surface area contributed by atoms with Crippen LogP contribution in [-0.4, -0.2) is 5.97 Å². The fourth-order valence-electron chi connectivity index (χ4n) is 1.75. The topological polar surface area (TPSA) is 52.3 Å². The summed E-state index contributed by atoms with van der Waals surface area (Å²) in [4.78, 5) is 12.1. The Kier molecular flexibility index (Phi) is 4.99. The van der Waals surface area contributed by atoms with Crippen LogP contribution in [0.4, 0.5) is 5.69 Å². The zero-order chi connectivity index (χ0) is 15.6. The van der Waals surface area contributed by atoms with Crippen LogP contribution in [0.25, 0.3) is 0 Å². The summed E-state index contributed by atoms with van der Waals surface area (Å²) in [7, 11) is 0. The van der Waals surface area contributed by atoms with Gasteiger partial charge >= 0.3 is 5.97 Å². The first-order valence-corrected chi connectivity index (χ1v) is 7.18. The van der Waals surface area contributed by atoms with E-state index in [9.17, 15) is 4.79 Å². The maximum atomic E-state index is 12.1. The number of nitrogens with two attached hydrogens (primary N) is 1. The Hall–Kier alpha value is -1.42. The Labute approximate surface area is 137 Å². The van der Waals surface area contributed by atoms with Gasteiger partial charge in [0.1, 0.15) is 6.61 Å². The molecule has 21 heavy (non-hydrogen) atoms. The van der Waals surface area contributed by atoms with Gasteiger partial charge in [0.05, 0.1) is 15.6 Å². The molecule has 0 amide bonds. The molecule has 3 nitrogen and oxygen atoms in total. The molecular formula is C15H12Cl3NO2. The summed E-state index contributed by atoms with van der Waals surface area (Å²) >= 11 is 17.9. The number of esters is 1. The van der Waals surface area contributed by atoms with Gasteiger partial charge < -0.3 is 10.5 Å². The average molecular weight is 345 g/mol. The molecule has 0 fully saturated rings. The molecule has 0 bridgehead atoms. The van der Waals surface area contributed by atoms with Crippen LogP contribution < -0.4 is 5.73 Å². The summed E-state index contributed by atoms with van der Waals surface area (Å²) in [5.74, 6) is -0.606. The first kappa shape index (κ1) is 16.0. The summed E-state index contributed by atoms with van der Waals surface area (Å²) in [6.45, 7) is 1.97. The molecule has 0 aliphatic carbocycles. The maximum Gasteiger partial charge on any atom is 0.340 e. The van der Waals surface area contributed by atoms with E-state index in [-0.39, 0.29) is 22.2 Å². The van der Waals surface area contributed by atoms with Crippen molar-refractivity contribution in [1.82, 2.24) is 0 Å². The minimum atomic E-state index is -0.606. The number of anilines is 1. The van der Waals surface area contributed by atoms with E-state index in [0.29, 0.717) is 16.3 Å². The molecule has 0 spiro atoms. The second kappa shape index (κ2) is 6.56. The molecule has 0 aliphatic rings. The quantitative estimate of drug-likeness (QED) is 0.637. The Balaban J connectivity index is 2.15. The molecule has 2 aromatic carbocycles. The summed E-state index contributed by atoms with van der Waals surface area (Å²) in [6, 6.07) is 8.39. The molecule has 0 aromatic heterocycles. The van der Waals surface area contributed by atoms with E-state index in [1.807, 2.05) is 13.0 Å². The Morgan fingerprint density at radius 1 is 1.14 bits per heavy atom. The van der Waals surface area contributed by atoms with Crippen molar-refractivity contribution in [3.8, 4) is 0 Å². The van der Waals surface area contributed by atoms with Gasteiger partial charge in [-0.15, -0.1) is 0 Å². The van der Waals surface area contributed by atoms with Crippen molar-refractivity contribution >= 4 is 46.5 Å². The summed E-state index contributed by atoms with van der Waals surface area (Å²) in [5.41, 5.74) is 7.85. The molecule has 0 saturated heterocycles. The number of rotatable bonds is 3. The Bertz CT molecular complexity index is 702. The number of carbonyl (C=O) groups is 1. The lowest BCUT2D eigenvalue weighted by molar-refractivity contribution is 0.0473. The fraction of sp³-hybridized carbons (Fsp3) is 0.133. The van der Waals surface area contributed by atoms with Crippen molar-refractivity contribution in [3.05, 3.63) is 62.1 Å². The minimum Gasteiger partial charge on any atom is -0.457 e. The van der Waals surface area contributed by atoms with Crippen LogP contribution >= 0.6 is 34.8 Å². The molecule has 110 valence electrons. The molecule has 0 radical (unpaired) electrons. The predicted octanol–water partition coefficient (Wildman–Crippen LogP) is 4.89. The highest BCUT2D eigenvalue weighted by Gasteiger charge is 2.16. The van der Waals surface area contributed by atoms with E-state index in [1.54, 1.807) is 12.1 Å². The van der Waals surface area contributed by atoms with E-state index < -0.39 is 5.97 Å². The van der Waals surface area contributed by atoms with Crippen LogP contribution in [0.5, 0.6) is 0 Å². The summed E-state index contributed by atoms with van der Waals surface area (Å²) in [6.07, 6.45) is 0. The van der Waals surface area contributed by atoms with Crippen molar-refractivity contribution < 1.29 is 9.53 Å². The van der Waals surface area contributed by atoms with Gasteiger partial charge in [0.25, 0.3) is 0 Å². The lowest BCUT2D eigenvalue weighted by atomic mass is 10.1. The summed E-state index contributed by atoms with van der Waals surface area (Å²) < 4.78 is 5.20. The molecule has 6 heteroatoms. The molecular weight excluding hydrogens is 333 g/mol. The van der Waals surface area contributed by atoms with E-state index >= 15 is 0 Å². The van der Waals surface area contributed by atoms with Crippen LogP contribution in [-0.2, 0) is 11.3 Å².